The molecule has 2 aromatic rings. The molecule has 0 saturated heterocycles. The van der Waals surface area contributed by atoms with E-state index in [-0.39, 0.29) is 0 Å². The number of aryl methyl sites for hydroxylation is 2. The Morgan fingerprint density at radius 3 is 2.52 bits per heavy atom. The van der Waals surface area contributed by atoms with Gasteiger partial charge in [0.15, 0.2) is 5.16 Å². The summed E-state index contributed by atoms with van der Waals surface area (Å²) in [5.41, 5.74) is 3.16. The van der Waals surface area contributed by atoms with Gasteiger partial charge in [-0.3, -0.25) is 0 Å². The minimum Gasteiger partial charge on any atom is -0.313 e. The fraction of sp³-hybridized carbons (Fsp3) is 0.375. The highest BCUT2D eigenvalue weighted by Gasteiger charge is 2.08. The lowest BCUT2D eigenvalue weighted by Gasteiger charge is -2.10. The molecule has 0 unspecified atom stereocenters. The van der Waals surface area contributed by atoms with E-state index in [9.17, 15) is 0 Å². The first kappa shape index (κ1) is 16.3. The highest BCUT2D eigenvalue weighted by molar-refractivity contribution is 7.99. The van der Waals surface area contributed by atoms with Gasteiger partial charge in [-0.2, -0.15) is 0 Å². The van der Waals surface area contributed by atoms with Crippen molar-refractivity contribution in [3.8, 4) is 0 Å². The van der Waals surface area contributed by atoms with Crippen LogP contribution in [0.1, 0.15) is 30.3 Å². The third kappa shape index (κ3) is 4.99. The van der Waals surface area contributed by atoms with E-state index < -0.39 is 0 Å². The molecular weight excluding hydrogens is 302 g/mol. The third-order valence-electron chi connectivity index (χ3n) is 2.93. The summed E-state index contributed by atoms with van der Waals surface area (Å²) >= 11 is 7.70. The van der Waals surface area contributed by atoms with Crippen LogP contribution in [0.3, 0.4) is 0 Å². The molecular formula is C16H20ClN3S. The molecule has 3 nitrogen and oxygen atoms in total. The van der Waals surface area contributed by atoms with Crippen LogP contribution in [0, 0.1) is 13.8 Å². The lowest BCUT2D eigenvalue weighted by molar-refractivity contribution is 0.669. The molecule has 0 amide bonds. The van der Waals surface area contributed by atoms with E-state index in [1.54, 1.807) is 11.8 Å². The fourth-order valence-electron chi connectivity index (χ4n) is 2.02. The molecule has 0 aliphatic heterocycles. The van der Waals surface area contributed by atoms with Crippen molar-refractivity contribution in [1.82, 2.24) is 15.3 Å². The number of rotatable bonds is 6. The summed E-state index contributed by atoms with van der Waals surface area (Å²) in [7, 11) is 0. The molecule has 0 fully saturated rings. The number of halogens is 1. The fourth-order valence-corrected chi connectivity index (χ4v) is 3.19. The summed E-state index contributed by atoms with van der Waals surface area (Å²) in [6.45, 7) is 7.94. The van der Waals surface area contributed by atoms with Crippen LogP contribution in [0.5, 0.6) is 0 Å². The van der Waals surface area contributed by atoms with Crippen LogP contribution < -0.4 is 5.32 Å². The van der Waals surface area contributed by atoms with Crippen molar-refractivity contribution < 1.29 is 0 Å². The second-order valence-corrected chi connectivity index (χ2v) is 6.41. The second-order valence-electron chi connectivity index (χ2n) is 4.96. The van der Waals surface area contributed by atoms with Crippen molar-refractivity contribution in [1.29, 1.82) is 0 Å². The highest BCUT2D eigenvalue weighted by Crippen LogP contribution is 2.30. The van der Waals surface area contributed by atoms with Gasteiger partial charge in [0, 0.05) is 27.9 Å². The largest absolute Gasteiger partial charge is 0.313 e. The van der Waals surface area contributed by atoms with Crippen LogP contribution in [0.4, 0.5) is 0 Å². The summed E-state index contributed by atoms with van der Waals surface area (Å²) in [5.74, 6) is 0. The maximum atomic E-state index is 6.11. The van der Waals surface area contributed by atoms with Gasteiger partial charge in [0.05, 0.1) is 0 Å². The average molecular weight is 322 g/mol. The van der Waals surface area contributed by atoms with Gasteiger partial charge in [0.1, 0.15) is 0 Å². The van der Waals surface area contributed by atoms with E-state index in [1.165, 1.54) is 5.56 Å². The van der Waals surface area contributed by atoms with Gasteiger partial charge >= 0.3 is 0 Å². The number of benzene rings is 1. The number of hydrogen-bond donors (Lipinski definition) is 1. The lowest BCUT2D eigenvalue weighted by Crippen LogP contribution is -2.14. The Balaban J connectivity index is 2.21. The van der Waals surface area contributed by atoms with Gasteiger partial charge in [0.2, 0.25) is 0 Å². The van der Waals surface area contributed by atoms with Crippen LogP contribution in [0.15, 0.2) is 34.3 Å². The Kier molecular flexibility index (Phi) is 6.03. The predicted molar refractivity (Wildman–Crippen MR) is 89.1 cm³/mol. The molecule has 0 bridgehead atoms. The zero-order valence-corrected chi connectivity index (χ0v) is 14.2. The molecule has 0 radical (unpaired) electrons. The van der Waals surface area contributed by atoms with Crippen LogP contribution in [-0.4, -0.2) is 16.5 Å². The summed E-state index contributed by atoms with van der Waals surface area (Å²) in [6, 6.07) is 7.94. The minimum absolute atomic E-state index is 0.758. The Labute approximate surface area is 135 Å². The SMILES string of the molecule is CCCNCc1cc(Cl)ccc1Sc1nc(C)cc(C)n1. The van der Waals surface area contributed by atoms with Gasteiger partial charge in [-0.15, -0.1) is 0 Å². The monoisotopic (exact) mass is 321 g/mol. The van der Waals surface area contributed by atoms with E-state index in [4.69, 9.17) is 11.6 Å². The zero-order valence-electron chi connectivity index (χ0n) is 12.6. The van der Waals surface area contributed by atoms with E-state index in [2.05, 4.69) is 22.2 Å². The summed E-state index contributed by atoms with van der Waals surface area (Å²) in [6.07, 6.45) is 1.11. The predicted octanol–water partition coefficient (Wildman–Crippen LogP) is 4.40. The van der Waals surface area contributed by atoms with Crippen LogP contribution in [0.25, 0.3) is 0 Å². The number of nitrogens with one attached hydrogen (secondary N) is 1. The third-order valence-corrected chi connectivity index (χ3v) is 4.15. The Morgan fingerprint density at radius 2 is 1.86 bits per heavy atom. The highest BCUT2D eigenvalue weighted by atomic mass is 35.5. The number of aromatic nitrogens is 2. The molecule has 1 aromatic heterocycles. The molecule has 21 heavy (non-hydrogen) atoms. The Morgan fingerprint density at radius 1 is 1.14 bits per heavy atom. The van der Waals surface area contributed by atoms with Crippen molar-refractivity contribution >= 4 is 23.4 Å². The number of hydrogen-bond acceptors (Lipinski definition) is 4. The standard InChI is InChI=1S/C16H20ClN3S/c1-4-7-18-10-13-9-14(17)5-6-15(13)21-16-19-11(2)8-12(3)20-16/h5-6,8-9,18H,4,7,10H2,1-3H3. The van der Waals surface area contributed by atoms with Gasteiger partial charge in [-0.25, -0.2) is 9.97 Å². The van der Waals surface area contributed by atoms with Crippen LogP contribution >= 0.6 is 23.4 Å². The lowest BCUT2D eigenvalue weighted by atomic mass is 10.2. The quantitative estimate of drug-likeness (QED) is 0.632. The van der Waals surface area contributed by atoms with Crippen molar-refractivity contribution in [2.24, 2.45) is 0 Å². The topological polar surface area (TPSA) is 37.8 Å². The van der Waals surface area contributed by atoms with Crippen LogP contribution in [-0.2, 0) is 6.54 Å². The molecule has 1 N–H and O–H groups in total. The van der Waals surface area contributed by atoms with Gasteiger partial charge in [-0.1, -0.05) is 18.5 Å². The molecule has 0 atom stereocenters. The van der Waals surface area contributed by atoms with Crippen molar-refractivity contribution in [2.45, 2.75) is 43.8 Å². The van der Waals surface area contributed by atoms with E-state index in [0.29, 0.717) is 0 Å². The molecule has 2 rings (SSSR count). The van der Waals surface area contributed by atoms with E-state index >= 15 is 0 Å². The van der Waals surface area contributed by atoms with E-state index in [1.807, 2.05) is 38.1 Å². The molecule has 0 aliphatic carbocycles. The first-order chi connectivity index (χ1) is 10.1. The first-order valence-electron chi connectivity index (χ1n) is 7.07. The molecule has 0 aliphatic rings. The molecule has 112 valence electrons. The summed E-state index contributed by atoms with van der Waals surface area (Å²) < 4.78 is 0. The first-order valence-corrected chi connectivity index (χ1v) is 8.27. The summed E-state index contributed by atoms with van der Waals surface area (Å²) in [4.78, 5) is 10.1. The molecule has 1 heterocycles. The maximum Gasteiger partial charge on any atom is 0.192 e. The smallest absolute Gasteiger partial charge is 0.192 e. The second kappa shape index (κ2) is 7.78. The zero-order chi connectivity index (χ0) is 15.2. The van der Waals surface area contributed by atoms with Crippen molar-refractivity contribution in [3.05, 3.63) is 46.2 Å². The van der Waals surface area contributed by atoms with E-state index in [0.717, 1.165) is 46.0 Å². The molecule has 1 aromatic carbocycles. The van der Waals surface area contributed by atoms with Crippen molar-refractivity contribution in [2.75, 3.05) is 6.54 Å². The molecule has 0 spiro atoms. The van der Waals surface area contributed by atoms with Crippen molar-refractivity contribution in [3.63, 3.8) is 0 Å². The molecule has 0 saturated carbocycles. The Bertz CT molecular complexity index is 596. The number of nitrogens with zero attached hydrogens (tertiary/aromatic N) is 2. The minimum atomic E-state index is 0.758. The van der Waals surface area contributed by atoms with Gasteiger partial charge in [-0.05, 0) is 68.4 Å². The van der Waals surface area contributed by atoms with Gasteiger partial charge in [0.25, 0.3) is 0 Å². The summed E-state index contributed by atoms with van der Waals surface area (Å²) in [5, 5.41) is 4.96. The Hall–Kier alpha value is -1.10. The van der Waals surface area contributed by atoms with Gasteiger partial charge < -0.3 is 5.32 Å². The molecule has 5 heteroatoms. The van der Waals surface area contributed by atoms with Crippen LogP contribution in [0.2, 0.25) is 5.02 Å². The maximum absolute atomic E-state index is 6.11. The average Bonchev–Trinajstić information content (AvgIpc) is 2.41. The normalized spacial score (nSPS) is 10.9.